The van der Waals surface area contributed by atoms with Gasteiger partial charge < -0.3 is 33.8 Å². The summed E-state index contributed by atoms with van der Waals surface area (Å²) in [4.78, 5) is 72.5. The molecule has 0 saturated carbocycles. The van der Waals surface area contributed by atoms with Gasteiger partial charge in [-0.15, -0.1) is 0 Å². The van der Waals surface area contributed by atoms with Crippen molar-refractivity contribution < 1.29 is 80.2 Å². The topological polar surface area (TPSA) is 237 Å². The second kappa shape index (κ2) is 58.8. The van der Waals surface area contributed by atoms with Gasteiger partial charge in [0.2, 0.25) is 0 Å². The van der Waals surface area contributed by atoms with E-state index in [-0.39, 0.29) is 25.7 Å². The third-order valence-electron chi connectivity index (χ3n) is 16.5. The summed E-state index contributed by atoms with van der Waals surface area (Å²) in [6, 6.07) is 0. The lowest BCUT2D eigenvalue weighted by Crippen LogP contribution is -2.30. The Morgan fingerprint density at radius 1 is 0.318 bits per heavy atom. The smallest absolute Gasteiger partial charge is 0.462 e. The van der Waals surface area contributed by atoms with Crippen LogP contribution < -0.4 is 0 Å². The molecule has 0 radical (unpaired) electrons. The minimum absolute atomic E-state index is 0.104. The number of phosphoric ester groups is 2. The van der Waals surface area contributed by atoms with Crippen molar-refractivity contribution in [3.63, 3.8) is 0 Å². The number of rotatable bonds is 66. The lowest BCUT2D eigenvalue weighted by molar-refractivity contribution is -0.161. The number of hydrogen-bond donors (Lipinski definition) is 3. The summed E-state index contributed by atoms with van der Waals surface area (Å²) in [5, 5.41) is 10.6. The fourth-order valence-electron chi connectivity index (χ4n) is 10.2. The number of hydrogen-bond acceptors (Lipinski definition) is 15. The van der Waals surface area contributed by atoms with Gasteiger partial charge in [-0.3, -0.25) is 37.3 Å². The number of carbonyl (C=O) groups excluding carboxylic acids is 4. The molecule has 0 heterocycles. The molecule has 0 aliphatic heterocycles. The van der Waals surface area contributed by atoms with E-state index in [0.717, 1.165) is 120 Å². The van der Waals surface area contributed by atoms with Crippen LogP contribution >= 0.6 is 15.6 Å². The first-order chi connectivity index (χ1) is 42.2. The van der Waals surface area contributed by atoms with E-state index >= 15 is 0 Å². The number of esters is 4. The van der Waals surface area contributed by atoms with Crippen molar-refractivity contribution in [3.05, 3.63) is 0 Å². The van der Waals surface area contributed by atoms with Crippen LogP contribution in [0.3, 0.4) is 0 Å². The number of phosphoric acid groups is 2. The van der Waals surface area contributed by atoms with Gasteiger partial charge >= 0.3 is 39.5 Å². The Balaban J connectivity index is 5.27. The van der Waals surface area contributed by atoms with Crippen molar-refractivity contribution in [1.82, 2.24) is 0 Å². The predicted molar refractivity (Wildman–Crippen MR) is 354 cm³/mol. The molecule has 88 heavy (non-hydrogen) atoms. The minimum atomic E-state index is -4.95. The van der Waals surface area contributed by atoms with E-state index in [4.69, 9.17) is 37.0 Å². The molecule has 0 fully saturated rings. The lowest BCUT2D eigenvalue weighted by atomic mass is 9.99. The van der Waals surface area contributed by atoms with Crippen molar-refractivity contribution >= 4 is 39.5 Å². The first-order valence-electron chi connectivity index (χ1n) is 35.8. The Bertz CT molecular complexity index is 1750. The average molecular weight is 1300 g/mol. The summed E-state index contributed by atoms with van der Waals surface area (Å²) in [5.41, 5.74) is 0. The van der Waals surface area contributed by atoms with Crippen LogP contribution in [-0.4, -0.2) is 96.7 Å². The molecule has 0 aliphatic rings. The quantitative estimate of drug-likeness (QED) is 0.0222. The fourth-order valence-corrected chi connectivity index (χ4v) is 11.8. The molecule has 0 aromatic carbocycles. The van der Waals surface area contributed by atoms with E-state index < -0.39 is 97.5 Å². The molecular formula is C69H134O17P2. The molecule has 4 unspecified atom stereocenters. The first kappa shape index (κ1) is 86.1. The van der Waals surface area contributed by atoms with Crippen LogP contribution in [0.25, 0.3) is 0 Å². The van der Waals surface area contributed by atoms with Gasteiger partial charge in [0.1, 0.15) is 19.3 Å². The number of carbonyl (C=O) groups is 4. The highest BCUT2D eigenvalue weighted by Gasteiger charge is 2.30. The molecule has 0 aromatic rings. The van der Waals surface area contributed by atoms with Crippen molar-refractivity contribution in [2.45, 2.75) is 356 Å². The summed E-state index contributed by atoms with van der Waals surface area (Å²) in [7, 11) is -9.90. The molecule has 0 aliphatic carbocycles. The van der Waals surface area contributed by atoms with Crippen LogP contribution in [0.5, 0.6) is 0 Å². The van der Waals surface area contributed by atoms with Gasteiger partial charge in [0.25, 0.3) is 0 Å². The molecule has 0 rings (SSSR count). The second-order valence-corrected chi connectivity index (χ2v) is 29.3. The monoisotopic (exact) mass is 1300 g/mol. The largest absolute Gasteiger partial charge is 0.472 e. The van der Waals surface area contributed by atoms with Crippen LogP contribution in [0.15, 0.2) is 0 Å². The Morgan fingerprint density at radius 2 is 0.545 bits per heavy atom. The van der Waals surface area contributed by atoms with Crippen molar-refractivity contribution in [2.75, 3.05) is 39.6 Å². The third-order valence-corrected chi connectivity index (χ3v) is 18.4. The number of aliphatic hydroxyl groups is 1. The predicted octanol–water partition coefficient (Wildman–Crippen LogP) is 19.3. The van der Waals surface area contributed by atoms with E-state index in [1.165, 1.54) is 135 Å². The SMILES string of the molecule is CCC(C)CCCCCCCCCCC(=O)O[C@H](COC(=O)CCCCCCCCCCCCC(C)C)COP(=O)(O)OC[C@@H](O)COP(=O)(O)OC[C@@H](COC(=O)CCCCCCCCC(C)CC)OC(=O)CCCCCCCCCCCCC(C)C. The standard InChI is InChI=1S/C69H134O17P2/c1-9-61(7)47-39-31-23-19-20-26-36-44-52-69(74)86-64(55-79-66(71)49-41-33-24-17-13-11-15-21-29-37-45-59(3)4)57-83-87(75,76)81-53-63(70)54-82-88(77,78)84-58-65(56-80-67(72)50-42-34-28-27-32-40-48-62(8)10-2)85-68(73)51-43-35-25-18-14-12-16-22-30-38-46-60(5)6/h59-65,70H,9-58H2,1-8H3,(H,75,76)(H,77,78)/t61?,62?,63-,64-,65-/m1/s1. The Labute approximate surface area is 537 Å². The van der Waals surface area contributed by atoms with E-state index in [1.54, 1.807) is 0 Å². The van der Waals surface area contributed by atoms with Crippen molar-refractivity contribution in [2.24, 2.45) is 23.7 Å². The van der Waals surface area contributed by atoms with Gasteiger partial charge in [-0.2, -0.15) is 0 Å². The number of ether oxygens (including phenoxy) is 4. The van der Waals surface area contributed by atoms with E-state index in [0.29, 0.717) is 25.7 Å². The molecule has 7 atom stereocenters. The molecule has 19 heteroatoms. The third kappa shape index (κ3) is 60.3. The maximum absolute atomic E-state index is 13.0. The summed E-state index contributed by atoms with van der Waals surface area (Å²) in [5.74, 6) is 0.878. The zero-order chi connectivity index (χ0) is 65.4. The summed E-state index contributed by atoms with van der Waals surface area (Å²) >= 11 is 0. The molecule has 0 bridgehead atoms. The normalized spacial score (nSPS) is 14.9. The highest BCUT2D eigenvalue weighted by atomic mass is 31.2. The highest BCUT2D eigenvalue weighted by Crippen LogP contribution is 2.45. The van der Waals surface area contributed by atoms with Crippen LogP contribution in [-0.2, 0) is 65.4 Å². The zero-order valence-corrected chi connectivity index (χ0v) is 59.1. The summed E-state index contributed by atoms with van der Waals surface area (Å²) in [6.07, 6.45) is 40.2. The van der Waals surface area contributed by atoms with Crippen LogP contribution in [0.2, 0.25) is 0 Å². The molecule has 0 amide bonds. The molecule has 522 valence electrons. The summed E-state index contributed by atoms with van der Waals surface area (Å²) in [6.45, 7) is 14.1. The Kier molecular flexibility index (Phi) is 57.6. The van der Waals surface area contributed by atoms with Gasteiger partial charge in [0, 0.05) is 25.7 Å². The molecule has 17 nitrogen and oxygen atoms in total. The van der Waals surface area contributed by atoms with Gasteiger partial charge in [-0.1, -0.05) is 287 Å². The molecule has 0 spiro atoms. The van der Waals surface area contributed by atoms with Gasteiger partial charge in [-0.25, -0.2) is 9.13 Å². The van der Waals surface area contributed by atoms with Crippen molar-refractivity contribution in [1.29, 1.82) is 0 Å². The van der Waals surface area contributed by atoms with Gasteiger partial charge in [0.05, 0.1) is 26.4 Å². The highest BCUT2D eigenvalue weighted by molar-refractivity contribution is 7.47. The van der Waals surface area contributed by atoms with Crippen LogP contribution in [0.4, 0.5) is 0 Å². The Morgan fingerprint density at radius 3 is 0.807 bits per heavy atom. The van der Waals surface area contributed by atoms with E-state index in [2.05, 4.69) is 55.4 Å². The van der Waals surface area contributed by atoms with Gasteiger partial charge in [0.15, 0.2) is 12.2 Å². The van der Waals surface area contributed by atoms with Crippen LogP contribution in [0, 0.1) is 23.7 Å². The first-order valence-corrected chi connectivity index (χ1v) is 38.8. The van der Waals surface area contributed by atoms with Crippen molar-refractivity contribution in [3.8, 4) is 0 Å². The number of aliphatic hydroxyl groups excluding tert-OH is 1. The minimum Gasteiger partial charge on any atom is -0.462 e. The fraction of sp³-hybridized carbons (Fsp3) is 0.942. The second-order valence-electron chi connectivity index (χ2n) is 26.4. The zero-order valence-electron chi connectivity index (χ0n) is 57.3. The van der Waals surface area contributed by atoms with Crippen LogP contribution in [0.1, 0.15) is 338 Å². The van der Waals surface area contributed by atoms with E-state index in [1.807, 2.05) is 0 Å². The summed E-state index contributed by atoms with van der Waals surface area (Å²) < 4.78 is 68.2. The molecule has 3 N–H and O–H groups in total. The lowest BCUT2D eigenvalue weighted by Gasteiger charge is -2.21. The average Bonchev–Trinajstić information content (AvgIpc) is 3.58. The molecular weight excluding hydrogens is 1160 g/mol. The number of unbranched alkanes of at least 4 members (excludes halogenated alkanes) is 30. The van der Waals surface area contributed by atoms with Gasteiger partial charge in [-0.05, 0) is 49.4 Å². The molecule has 0 aromatic heterocycles. The molecule has 0 saturated heterocycles. The maximum Gasteiger partial charge on any atom is 0.472 e. The Hall–Kier alpha value is -1.94. The maximum atomic E-state index is 13.0. The van der Waals surface area contributed by atoms with E-state index in [9.17, 15) is 43.2 Å².